The van der Waals surface area contributed by atoms with Crippen LogP contribution in [0.1, 0.15) is 0 Å². The lowest BCUT2D eigenvalue weighted by molar-refractivity contribution is -0.769. The van der Waals surface area contributed by atoms with Crippen molar-refractivity contribution in [2.45, 2.75) is 0 Å². The molecule has 0 bridgehead atoms. The Morgan fingerprint density at radius 1 is 1.44 bits per heavy atom. The Kier molecular flexibility index (Phi) is 3.26. The zero-order valence-corrected chi connectivity index (χ0v) is 10.7. The van der Waals surface area contributed by atoms with E-state index in [-0.39, 0.29) is 0 Å². The average molecular weight is 251 g/mol. The van der Waals surface area contributed by atoms with Crippen molar-refractivity contribution in [2.24, 2.45) is 0 Å². The second-order valence-electron chi connectivity index (χ2n) is 3.77. The maximum atomic E-state index is 5.49. The number of amidine groups is 1. The Morgan fingerprint density at radius 3 is 2.89 bits per heavy atom. The zero-order valence-electron chi connectivity index (χ0n) is 10.7. The van der Waals surface area contributed by atoms with E-state index in [0.717, 1.165) is 0 Å². The molecule has 0 aromatic carbocycles. The first-order valence-electron chi connectivity index (χ1n) is 5.30. The van der Waals surface area contributed by atoms with Gasteiger partial charge in [0.05, 0.1) is 26.1 Å². The number of ether oxygens (including phenoxy) is 1. The molecule has 0 radical (unpaired) electrons. The van der Waals surface area contributed by atoms with Crippen LogP contribution in [0.3, 0.4) is 0 Å². The summed E-state index contributed by atoms with van der Waals surface area (Å²) >= 11 is 0. The fraction of sp³-hybridized carbons (Fsp3) is 0.400. The third-order valence-electron chi connectivity index (χ3n) is 2.22. The molecule has 2 heterocycles. The molecule has 96 valence electrons. The normalized spacial score (nSPS) is 12.2. The summed E-state index contributed by atoms with van der Waals surface area (Å²) in [6.07, 6.45) is 1.65. The summed E-state index contributed by atoms with van der Waals surface area (Å²) in [5.74, 6) is 0. The Morgan fingerprint density at radius 2 is 2.22 bits per heavy atom. The molecule has 18 heavy (non-hydrogen) atoms. The van der Waals surface area contributed by atoms with Gasteiger partial charge in [-0.25, -0.2) is 4.98 Å². The quantitative estimate of drug-likeness (QED) is 0.306. The minimum absolute atomic E-state index is 0.523. The zero-order chi connectivity index (χ0) is 13.1. The van der Waals surface area contributed by atoms with E-state index in [2.05, 4.69) is 15.3 Å². The summed E-state index contributed by atoms with van der Waals surface area (Å²) in [4.78, 5) is 12.6. The lowest BCUT2D eigenvalue weighted by Gasteiger charge is -2.10. The van der Waals surface area contributed by atoms with Gasteiger partial charge in [-0.2, -0.15) is 0 Å². The molecule has 0 spiro atoms. The van der Waals surface area contributed by atoms with Gasteiger partial charge in [-0.15, -0.1) is 10.0 Å². The third kappa shape index (κ3) is 2.17. The lowest BCUT2D eigenvalue weighted by Crippen LogP contribution is -2.37. The van der Waals surface area contributed by atoms with Crippen molar-refractivity contribution in [2.75, 3.05) is 28.3 Å². The smallest absolute Gasteiger partial charge is 0.427 e. The van der Waals surface area contributed by atoms with Crippen LogP contribution in [0.4, 0.5) is 0 Å². The molecule has 0 atom stereocenters. The Bertz CT molecular complexity index is 577. The molecule has 0 fully saturated rings. The summed E-state index contributed by atoms with van der Waals surface area (Å²) in [5, 5.41) is 7.80. The van der Waals surface area contributed by atoms with Crippen LogP contribution in [0.15, 0.2) is 18.3 Å². The molecule has 0 aliphatic heterocycles. The highest BCUT2D eigenvalue weighted by atomic mass is 16.8. The number of hydrogen-bond acceptors (Lipinski definition) is 5. The molecular weight excluding hydrogens is 236 g/mol. The predicted octanol–water partition coefficient (Wildman–Crippen LogP) is -0.624. The lowest BCUT2D eigenvalue weighted by atomic mass is 10.4. The van der Waals surface area contributed by atoms with Crippen LogP contribution >= 0.6 is 0 Å². The van der Waals surface area contributed by atoms with Crippen molar-refractivity contribution in [1.29, 1.82) is 0 Å². The van der Waals surface area contributed by atoms with Gasteiger partial charge < -0.3 is 4.74 Å². The molecule has 0 aliphatic rings. The van der Waals surface area contributed by atoms with Crippen molar-refractivity contribution in [3.63, 3.8) is 0 Å². The fourth-order valence-corrected chi connectivity index (χ4v) is 1.54. The minimum atomic E-state index is 0.523. The van der Waals surface area contributed by atoms with Crippen LogP contribution < -0.4 is 4.94 Å². The van der Waals surface area contributed by atoms with Gasteiger partial charge in [-0.05, 0) is 16.9 Å². The van der Waals surface area contributed by atoms with E-state index in [4.69, 9.17) is 9.68 Å². The molecule has 2 aromatic rings. The topological polar surface area (TPSA) is 68.3 Å². The van der Waals surface area contributed by atoms with Crippen molar-refractivity contribution < 1.29 is 14.4 Å². The predicted molar refractivity (Wildman–Crippen MR) is 63.8 cm³/mol. The number of pyridine rings is 1. The SMILES string of the molecule is CO/C(N(C)C)=[N+](/C)On1nnc2cccnc21. The number of hydrogen-bond donors (Lipinski definition) is 0. The van der Waals surface area contributed by atoms with Crippen LogP contribution in [0.25, 0.3) is 11.2 Å². The van der Waals surface area contributed by atoms with Gasteiger partial charge in [-0.1, -0.05) is 0 Å². The number of rotatable bonds is 2. The number of hydroxylamine groups is 1. The van der Waals surface area contributed by atoms with Crippen molar-refractivity contribution in [1.82, 2.24) is 25.0 Å². The monoisotopic (exact) mass is 251 g/mol. The second kappa shape index (κ2) is 4.86. The van der Waals surface area contributed by atoms with Crippen molar-refractivity contribution >= 4 is 17.2 Å². The number of nitrogens with zero attached hydrogens (tertiary/aromatic N) is 6. The van der Waals surface area contributed by atoms with Crippen LogP contribution in [-0.2, 0) is 4.74 Å². The first-order chi connectivity index (χ1) is 8.63. The van der Waals surface area contributed by atoms with Gasteiger partial charge in [0.2, 0.25) is 0 Å². The highest BCUT2D eigenvalue weighted by Gasteiger charge is 2.17. The van der Waals surface area contributed by atoms with Gasteiger partial charge in [0.1, 0.15) is 7.05 Å². The fourth-order valence-electron chi connectivity index (χ4n) is 1.54. The van der Waals surface area contributed by atoms with E-state index in [1.54, 1.807) is 31.3 Å². The first-order valence-corrected chi connectivity index (χ1v) is 5.30. The molecule has 0 unspecified atom stereocenters. The highest BCUT2D eigenvalue weighted by Crippen LogP contribution is 2.04. The van der Waals surface area contributed by atoms with E-state index < -0.39 is 0 Å². The molecular formula is C10H15N6O2+. The number of fused-ring (bicyclic) bond motifs is 1. The molecule has 8 heteroatoms. The number of methoxy groups -OCH3 is 1. The van der Waals surface area contributed by atoms with Gasteiger partial charge >= 0.3 is 6.02 Å². The Hall–Kier alpha value is -2.38. The average Bonchev–Trinajstić information content (AvgIpc) is 2.73. The summed E-state index contributed by atoms with van der Waals surface area (Å²) in [6.45, 7) is 0. The van der Waals surface area contributed by atoms with E-state index in [1.165, 1.54) is 9.58 Å². The summed E-state index contributed by atoms with van der Waals surface area (Å²) in [6, 6.07) is 4.12. The first kappa shape index (κ1) is 12.1. The Labute approximate surface area is 104 Å². The largest absolute Gasteiger partial charge is 0.444 e. The molecule has 0 amide bonds. The molecule has 8 nitrogen and oxygen atoms in total. The molecule has 2 rings (SSSR count). The summed E-state index contributed by atoms with van der Waals surface area (Å²) in [7, 11) is 6.95. The van der Waals surface area contributed by atoms with Crippen LogP contribution in [0.5, 0.6) is 0 Å². The Balaban J connectivity index is 2.34. The van der Waals surface area contributed by atoms with E-state index >= 15 is 0 Å². The van der Waals surface area contributed by atoms with E-state index in [0.29, 0.717) is 17.2 Å². The van der Waals surface area contributed by atoms with Crippen LogP contribution in [0.2, 0.25) is 0 Å². The van der Waals surface area contributed by atoms with E-state index in [9.17, 15) is 0 Å². The third-order valence-corrected chi connectivity index (χ3v) is 2.22. The summed E-state index contributed by atoms with van der Waals surface area (Å²) in [5.41, 5.74) is 1.20. The molecule has 0 N–H and O–H groups in total. The molecule has 0 saturated heterocycles. The van der Waals surface area contributed by atoms with Gasteiger partial charge in [-0.3, -0.25) is 4.90 Å². The van der Waals surface area contributed by atoms with Gasteiger partial charge in [0.15, 0.2) is 5.52 Å². The van der Waals surface area contributed by atoms with Crippen LogP contribution in [-0.4, -0.2) is 64.1 Å². The molecule has 0 saturated carbocycles. The minimum Gasteiger partial charge on any atom is -0.444 e. The molecule has 0 aliphatic carbocycles. The molecule has 2 aromatic heterocycles. The van der Waals surface area contributed by atoms with Crippen LogP contribution in [0, 0.1) is 0 Å². The maximum Gasteiger partial charge on any atom is 0.427 e. The second-order valence-corrected chi connectivity index (χ2v) is 3.77. The van der Waals surface area contributed by atoms with Gasteiger partial charge in [0.25, 0.3) is 5.65 Å². The standard InChI is InChI=1S/C10H15N6O2/c1-14(2)10(17-4)15(3)18-16-9-8(12-13-16)6-5-7-11-9/h5-7H,1-4H3/q+1. The van der Waals surface area contributed by atoms with E-state index in [1.807, 2.05) is 20.2 Å². The van der Waals surface area contributed by atoms with Crippen molar-refractivity contribution in [3.05, 3.63) is 18.3 Å². The van der Waals surface area contributed by atoms with Gasteiger partial charge in [0, 0.05) is 11.4 Å². The highest BCUT2D eigenvalue weighted by molar-refractivity contribution is 5.68. The maximum absolute atomic E-state index is 5.49. The summed E-state index contributed by atoms with van der Waals surface area (Å²) < 4.78 is 6.63. The number of aromatic nitrogens is 4. The van der Waals surface area contributed by atoms with Crippen molar-refractivity contribution in [3.8, 4) is 0 Å².